The summed E-state index contributed by atoms with van der Waals surface area (Å²) in [5.74, 6) is 8.18. The average molecular weight is 442 g/mol. The monoisotopic (exact) mass is 441 g/mol. The average Bonchev–Trinajstić information content (AvgIpc) is 3.09. The number of carbonyl (C=O) groups excluding carboxylic acids is 4. The fourth-order valence-corrected chi connectivity index (χ4v) is 2.67. The number of hydroxylamine groups is 2. The summed E-state index contributed by atoms with van der Waals surface area (Å²) in [7, 11) is 0. The summed E-state index contributed by atoms with van der Waals surface area (Å²) >= 11 is 0. The van der Waals surface area contributed by atoms with Gasteiger partial charge in [0, 0.05) is 19.3 Å². The molecule has 172 valence electrons. The zero-order chi connectivity index (χ0) is 23.6. The number of nitrogens with zero attached hydrogens (tertiary/aromatic N) is 1. The van der Waals surface area contributed by atoms with Crippen molar-refractivity contribution >= 4 is 23.8 Å². The van der Waals surface area contributed by atoms with E-state index in [0.29, 0.717) is 11.5 Å². The molecule has 1 saturated heterocycles. The van der Waals surface area contributed by atoms with Crippen LogP contribution in [-0.4, -0.2) is 34.9 Å². The molecule has 0 bridgehead atoms. The predicted molar refractivity (Wildman–Crippen MR) is 119 cm³/mol. The van der Waals surface area contributed by atoms with Crippen molar-refractivity contribution in [3.63, 3.8) is 0 Å². The normalized spacial score (nSPS) is 13.7. The van der Waals surface area contributed by atoms with Crippen molar-refractivity contribution in [2.45, 2.75) is 83.7 Å². The highest BCUT2D eigenvalue weighted by Gasteiger charge is 2.32. The Hall–Kier alpha value is -3.32. The second-order valence-corrected chi connectivity index (χ2v) is 7.14. The number of ether oxygens (including phenoxy) is 1. The van der Waals surface area contributed by atoms with Crippen LogP contribution in [0.2, 0.25) is 0 Å². The summed E-state index contributed by atoms with van der Waals surface area (Å²) in [6, 6.07) is 0. The quantitative estimate of drug-likeness (QED) is 0.142. The van der Waals surface area contributed by atoms with Gasteiger partial charge in [0.25, 0.3) is 11.8 Å². The van der Waals surface area contributed by atoms with E-state index in [0.717, 1.165) is 6.42 Å². The summed E-state index contributed by atoms with van der Waals surface area (Å²) in [5, 5.41) is 0.438. The lowest BCUT2D eigenvalue weighted by Gasteiger charge is -2.12. The van der Waals surface area contributed by atoms with E-state index >= 15 is 0 Å². The van der Waals surface area contributed by atoms with E-state index in [-0.39, 0.29) is 25.7 Å². The highest BCUT2D eigenvalue weighted by molar-refractivity contribution is 6.01. The SMILES string of the molecule is C=CC(C#CC#CC/C=C/CCCCCCC)OC(=O)CCC(=O)ON1C(=O)CCC1=O. The molecule has 1 aliphatic rings. The van der Waals surface area contributed by atoms with Gasteiger partial charge in [0.15, 0.2) is 6.10 Å². The van der Waals surface area contributed by atoms with Gasteiger partial charge in [-0.05, 0) is 36.7 Å². The first-order valence-electron chi connectivity index (χ1n) is 11.0. The summed E-state index contributed by atoms with van der Waals surface area (Å²) in [6.07, 6.45) is 12.0. The van der Waals surface area contributed by atoms with Crippen LogP contribution in [0.5, 0.6) is 0 Å². The predicted octanol–water partition coefficient (Wildman–Crippen LogP) is 3.79. The van der Waals surface area contributed by atoms with Crippen LogP contribution in [0.25, 0.3) is 0 Å². The third kappa shape index (κ3) is 11.8. The zero-order valence-electron chi connectivity index (χ0n) is 18.7. The van der Waals surface area contributed by atoms with Gasteiger partial charge in [-0.25, -0.2) is 4.79 Å². The van der Waals surface area contributed by atoms with Gasteiger partial charge in [-0.3, -0.25) is 14.4 Å². The third-order valence-corrected chi connectivity index (χ3v) is 4.43. The van der Waals surface area contributed by atoms with Crippen LogP contribution in [0.4, 0.5) is 0 Å². The van der Waals surface area contributed by atoms with E-state index in [1.54, 1.807) is 0 Å². The molecule has 0 aromatic carbocycles. The second-order valence-electron chi connectivity index (χ2n) is 7.14. The van der Waals surface area contributed by atoms with E-state index in [4.69, 9.17) is 4.74 Å². The Bertz CT molecular complexity index is 805. The minimum absolute atomic E-state index is 0.00610. The maximum atomic E-state index is 11.9. The third-order valence-electron chi connectivity index (χ3n) is 4.43. The molecular formula is C25H31NO6. The lowest BCUT2D eigenvalue weighted by molar-refractivity contribution is -0.197. The molecule has 0 aromatic heterocycles. The van der Waals surface area contributed by atoms with Gasteiger partial charge in [-0.15, -0.1) is 5.06 Å². The maximum Gasteiger partial charge on any atom is 0.333 e. The van der Waals surface area contributed by atoms with Gasteiger partial charge in [0.05, 0.1) is 12.8 Å². The number of amides is 2. The summed E-state index contributed by atoms with van der Waals surface area (Å²) < 4.78 is 5.09. The first-order valence-corrected chi connectivity index (χ1v) is 11.0. The molecule has 0 aromatic rings. The number of esters is 1. The Morgan fingerprint density at radius 3 is 2.41 bits per heavy atom. The molecule has 1 heterocycles. The number of carbonyl (C=O) groups is 4. The number of unbranched alkanes of at least 4 members (excludes halogenated alkanes) is 5. The van der Waals surface area contributed by atoms with Gasteiger partial charge in [0.1, 0.15) is 0 Å². The van der Waals surface area contributed by atoms with E-state index in [2.05, 4.69) is 48.1 Å². The molecule has 0 aliphatic carbocycles. The number of imide groups is 1. The van der Waals surface area contributed by atoms with Gasteiger partial charge in [0.2, 0.25) is 0 Å². The van der Waals surface area contributed by atoms with Gasteiger partial charge < -0.3 is 9.57 Å². The summed E-state index contributed by atoms with van der Waals surface area (Å²) in [6.45, 7) is 5.76. The number of hydrogen-bond donors (Lipinski definition) is 0. The van der Waals surface area contributed by atoms with Crippen molar-refractivity contribution in [3.8, 4) is 23.7 Å². The summed E-state index contributed by atoms with van der Waals surface area (Å²) in [4.78, 5) is 51.0. The van der Waals surface area contributed by atoms with E-state index < -0.39 is 29.9 Å². The Morgan fingerprint density at radius 2 is 1.72 bits per heavy atom. The first kappa shape index (κ1) is 26.7. The van der Waals surface area contributed by atoms with Gasteiger partial charge in [-0.2, -0.15) is 0 Å². The van der Waals surface area contributed by atoms with Crippen molar-refractivity contribution in [1.82, 2.24) is 5.06 Å². The highest BCUT2D eigenvalue weighted by atomic mass is 16.7. The molecule has 1 atom stereocenters. The van der Waals surface area contributed by atoms with Crippen LogP contribution in [0.3, 0.4) is 0 Å². The number of rotatable bonds is 13. The fourth-order valence-electron chi connectivity index (χ4n) is 2.67. The number of allylic oxidation sites excluding steroid dienone is 2. The Morgan fingerprint density at radius 1 is 1.03 bits per heavy atom. The van der Waals surface area contributed by atoms with Crippen LogP contribution < -0.4 is 0 Å². The van der Waals surface area contributed by atoms with Crippen molar-refractivity contribution in [1.29, 1.82) is 0 Å². The Balaban J connectivity index is 2.26. The van der Waals surface area contributed by atoms with E-state index in [1.807, 2.05) is 6.08 Å². The first-order chi connectivity index (χ1) is 15.5. The van der Waals surface area contributed by atoms with Gasteiger partial charge >= 0.3 is 11.9 Å². The molecule has 0 N–H and O–H groups in total. The molecule has 0 saturated carbocycles. The van der Waals surface area contributed by atoms with Crippen LogP contribution in [0.15, 0.2) is 24.8 Å². The van der Waals surface area contributed by atoms with E-state index in [1.165, 1.54) is 38.2 Å². The molecular weight excluding hydrogens is 410 g/mol. The van der Waals surface area contributed by atoms with Crippen molar-refractivity contribution in [2.24, 2.45) is 0 Å². The Labute approximate surface area is 190 Å². The molecule has 1 rings (SSSR count). The molecule has 0 spiro atoms. The molecule has 1 aliphatic heterocycles. The zero-order valence-corrected chi connectivity index (χ0v) is 18.7. The molecule has 1 fully saturated rings. The van der Waals surface area contributed by atoms with Crippen LogP contribution in [0, 0.1) is 23.7 Å². The minimum Gasteiger partial charge on any atom is -0.445 e. The van der Waals surface area contributed by atoms with Crippen LogP contribution in [0.1, 0.15) is 77.6 Å². The van der Waals surface area contributed by atoms with Gasteiger partial charge in [-0.1, -0.05) is 57.3 Å². The smallest absolute Gasteiger partial charge is 0.333 e. The molecule has 32 heavy (non-hydrogen) atoms. The van der Waals surface area contributed by atoms with Crippen molar-refractivity contribution < 1.29 is 28.8 Å². The van der Waals surface area contributed by atoms with Crippen molar-refractivity contribution in [3.05, 3.63) is 24.8 Å². The van der Waals surface area contributed by atoms with E-state index in [9.17, 15) is 19.2 Å². The topological polar surface area (TPSA) is 90.0 Å². The molecule has 1 unspecified atom stereocenters. The molecule has 7 nitrogen and oxygen atoms in total. The standard InChI is InChI=1S/C25H31NO6/c1-3-5-6-7-8-9-10-11-12-13-14-15-16-21(4-2)31-24(29)19-20-25(30)32-26-22(27)17-18-23(26)28/h4,10-11,21H,2-3,5-9,12,17-20H2,1H3/b11-10+. The summed E-state index contributed by atoms with van der Waals surface area (Å²) in [5.41, 5.74) is 0. The minimum atomic E-state index is -0.869. The lowest BCUT2D eigenvalue weighted by Crippen LogP contribution is -2.32. The number of hydrogen-bond acceptors (Lipinski definition) is 6. The lowest BCUT2D eigenvalue weighted by atomic mass is 10.1. The van der Waals surface area contributed by atoms with Crippen LogP contribution in [-0.2, 0) is 28.8 Å². The molecule has 2 amide bonds. The second kappa shape index (κ2) is 16.4. The fraction of sp³-hybridized carbons (Fsp3) is 0.520. The molecule has 0 radical (unpaired) electrons. The van der Waals surface area contributed by atoms with Crippen molar-refractivity contribution in [2.75, 3.05) is 0 Å². The largest absolute Gasteiger partial charge is 0.445 e. The highest BCUT2D eigenvalue weighted by Crippen LogP contribution is 2.13. The van der Waals surface area contributed by atoms with Crippen LogP contribution >= 0.6 is 0 Å². The Kier molecular flexibility index (Phi) is 13.7. The maximum absolute atomic E-state index is 11.9. The molecule has 7 heteroatoms.